The molecule has 0 unspecified atom stereocenters. The average molecular weight is 475 g/mol. The minimum atomic E-state index is -0.873. The van der Waals surface area contributed by atoms with Crippen molar-refractivity contribution in [2.75, 3.05) is 25.2 Å². The number of anilines is 1. The van der Waals surface area contributed by atoms with E-state index in [-0.39, 0.29) is 57.8 Å². The van der Waals surface area contributed by atoms with Crippen molar-refractivity contribution in [3.63, 3.8) is 0 Å². The number of methoxy groups -OCH3 is 1. The maximum absolute atomic E-state index is 13.4. The zero-order valence-corrected chi connectivity index (χ0v) is 19.2. The molecule has 0 aromatic heterocycles. The lowest BCUT2D eigenvalue weighted by molar-refractivity contribution is 0.0525. The van der Waals surface area contributed by atoms with Crippen molar-refractivity contribution in [3.8, 4) is 11.1 Å². The second kappa shape index (κ2) is 9.38. The van der Waals surface area contributed by atoms with Crippen LogP contribution in [-0.4, -0.2) is 50.0 Å². The molecule has 9 heteroatoms. The van der Waals surface area contributed by atoms with Crippen LogP contribution in [0, 0.1) is 0 Å². The molecule has 178 valence electrons. The maximum atomic E-state index is 13.4. The number of carbonyl (C=O) groups excluding carboxylic acids is 5. The molecule has 2 amide bonds. The van der Waals surface area contributed by atoms with Gasteiger partial charge in [-0.3, -0.25) is 9.59 Å². The minimum absolute atomic E-state index is 0.00811. The standard InChI is InChI=1S/C26H21NO8/c1-4-34-25(31)19-15-12-8-9-14(24(30)33-3)13-18(15)20(26(32)35-5-2)21(19)27-22(28)16-10-6-7-11-17(16)23(27)29/h6-13H,4-5H2,1-3H3. The van der Waals surface area contributed by atoms with Gasteiger partial charge in [-0.1, -0.05) is 24.3 Å². The maximum Gasteiger partial charge on any atom is 0.340 e. The minimum Gasteiger partial charge on any atom is -0.465 e. The summed E-state index contributed by atoms with van der Waals surface area (Å²) in [7, 11) is 1.21. The summed E-state index contributed by atoms with van der Waals surface area (Å²) in [4.78, 5) is 66.2. The third-order valence-corrected chi connectivity index (χ3v) is 5.54. The first kappa shape index (κ1) is 23.6. The Hall–Kier alpha value is -4.53. The third-order valence-electron chi connectivity index (χ3n) is 5.54. The Labute approximate surface area is 200 Å². The topological polar surface area (TPSA) is 116 Å². The van der Waals surface area contributed by atoms with Gasteiger partial charge in [-0.05, 0) is 43.7 Å². The van der Waals surface area contributed by atoms with Gasteiger partial charge in [0.05, 0.1) is 53.8 Å². The van der Waals surface area contributed by atoms with Crippen molar-refractivity contribution >= 4 is 35.4 Å². The molecule has 1 aliphatic heterocycles. The van der Waals surface area contributed by atoms with Crippen LogP contribution in [0.1, 0.15) is 65.6 Å². The van der Waals surface area contributed by atoms with E-state index in [0.717, 1.165) is 4.90 Å². The molecule has 0 atom stereocenters. The Morgan fingerprint density at radius 2 is 1.23 bits per heavy atom. The Morgan fingerprint density at radius 3 is 1.74 bits per heavy atom. The fraction of sp³-hybridized carbons (Fsp3) is 0.192. The number of hydrogen-bond acceptors (Lipinski definition) is 8. The highest BCUT2D eigenvalue weighted by Crippen LogP contribution is 2.46. The van der Waals surface area contributed by atoms with Gasteiger partial charge in [-0.25, -0.2) is 19.3 Å². The summed E-state index contributed by atoms with van der Waals surface area (Å²) in [5.41, 5.74) is 0.0673. The van der Waals surface area contributed by atoms with Gasteiger partial charge in [0.15, 0.2) is 0 Å². The van der Waals surface area contributed by atoms with Crippen LogP contribution < -0.4 is 4.90 Å². The first-order valence-electron chi connectivity index (χ1n) is 10.9. The van der Waals surface area contributed by atoms with Crippen molar-refractivity contribution in [1.82, 2.24) is 0 Å². The van der Waals surface area contributed by atoms with Crippen molar-refractivity contribution in [1.29, 1.82) is 0 Å². The van der Waals surface area contributed by atoms with E-state index in [4.69, 9.17) is 14.2 Å². The molecule has 1 aromatic carbocycles. The Kier molecular flexibility index (Phi) is 6.33. The van der Waals surface area contributed by atoms with E-state index in [9.17, 15) is 24.0 Å². The van der Waals surface area contributed by atoms with E-state index < -0.39 is 29.7 Å². The molecule has 3 aliphatic rings. The van der Waals surface area contributed by atoms with Gasteiger partial charge in [-0.2, -0.15) is 0 Å². The van der Waals surface area contributed by atoms with E-state index >= 15 is 0 Å². The summed E-state index contributed by atoms with van der Waals surface area (Å²) in [6, 6.07) is 12.0. The van der Waals surface area contributed by atoms with Crippen LogP contribution in [-0.2, 0) is 14.2 Å². The number of hydrogen-bond donors (Lipinski definition) is 0. The number of fused-ring (bicyclic) bond motifs is 2. The highest BCUT2D eigenvalue weighted by molar-refractivity contribution is 6.37. The zero-order valence-electron chi connectivity index (χ0n) is 19.2. The lowest BCUT2D eigenvalue weighted by atomic mass is 10.1. The number of carbonyl (C=O) groups is 5. The molecular formula is C26H21NO8. The molecule has 0 bridgehead atoms. The number of amides is 2. The first-order valence-corrected chi connectivity index (χ1v) is 10.9. The average Bonchev–Trinajstić information content (AvgIpc) is 3.18. The van der Waals surface area contributed by atoms with Gasteiger partial charge in [0.2, 0.25) is 0 Å². The monoisotopic (exact) mass is 475 g/mol. The summed E-state index contributed by atoms with van der Waals surface area (Å²) < 4.78 is 15.3. The molecule has 1 aromatic rings. The summed E-state index contributed by atoms with van der Waals surface area (Å²) in [5, 5.41) is 0. The van der Waals surface area contributed by atoms with E-state index in [1.165, 1.54) is 43.5 Å². The van der Waals surface area contributed by atoms with E-state index in [1.807, 2.05) is 0 Å². The third kappa shape index (κ3) is 3.80. The van der Waals surface area contributed by atoms with Crippen molar-refractivity contribution in [2.45, 2.75) is 13.8 Å². The lowest BCUT2D eigenvalue weighted by Crippen LogP contribution is -2.32. The van der Waals surface area contributed by atoms with Gasteiger partial charge < -0.3 is 14.2 Å². The lowest BCUT2D eigenvalue weighted by Gasteiger charge is -2.17. The predicted octanol–water partition coefficient (Wildman–Crippen LogP) is 3.73. The van der Waals surface area contributed by atoms with E-state index in [0.29, 0.717) is 0 Å². The van der Waals surface area contributed by atoms with Crippen LogP contribution in [0.25, 0.3) is 11.1 Å². The van der Waals surface area contributed by atoms with Crippen molar-refractivity contribution in [3.05, 3.63) is 76.3 Å². The van der Waals surface area contributed by atoms with Gasteiger partial charge in [0, 0.05) is 5.56 Å². The zero-order chi connectivity index (χ0) is 25.3. The van der Waals surface area contributed by atoms with E-state index in [2.05, 4.69) is 0 Å². The Morgan fingerprint density at radius 1 is 0.714 bits per heavy atom. The van der Waals surface area contributed by atoms with Crippen LogP contribution >= 0.6 is 0 Å². The molecule has 0 radical (unpaired) electrons. The molecule has 0 fully saturated rings. The Bertz CT molecular complexity index is 1320. The Balaban J connectivity index is 2.11. The normalized spacial score (nSPS) is 12.5. The number of imide groups is 1. The molecule has 35 heavy (non-hydrogen) atoms. The van der Waals surface area contributed by atoms with Crippen LogP contribution in [0.5, 0.6) is 0 Å². The van der Waals surface area contributed by atoms with Gasteiger partial charge in [0.1, 0.15) is 0 Å². The molecule has 9 nitrogen and oxygen atoms in total. The fourth-order valence-electron chi connectivity index (χ4n) is 4.10. The second-order valence-corrected chi connectivity index (χ2v) is 7.48. The molecule has 4 rings (SSSR count). The quantitative estimate of drug-likeness (QED) is 0.301. The van der Waals surface area contributed by atoms with Crippen molar-refractivity contribution in [2.24, 2.45) is 0 Å². The fourth-order valence-corrected chi connectivity index (χ4v) is 4.10. The number of esters is 3. The van der Waals surface area contributed by atoms with Crippen LogP contribution in [0.2, 0.25) is 0 Å². The van der Waals surface area contributed by atoms with Gasteiger partial charge in [-0.15, -0.1) is 0 Å². The first-order chi connectivity index (χ1) is 16.8. The summed E-state index contributed by atoms with van der Waals surface area (Å²) in [6.45, 7) is 3.20. The molecule has 0 saturated heterocycles. The van der Waals surface area contributed by atoms with E-state index in [1.54, 1.807) is 26.0 Å². The number of nitrogens with zero attached hydrogens (tertiary/aromatic N) is 1. The second-order valence-electron chi connectivity index (χ2n) is 7.48. The number of ether oxygens (including phenoxy) is 3. The molecular weight excluding hydrogens is 454 g/mol. The predicted molar refractivity (Wildman–Crippen MR) is 124 cm³/mol. The summed E-state index contributed by atoms with van der Waals surface area (Å²) in [5.74, 6) is -3.80. The highest BCUT2D eigenvalue weighted by atomic mass is 16.5. The molecule has 2 aliphatic carbocycles. The van der Waals surface area contributed by atoms with Crippen molar-refractivity contribution < 1.29 is 38.2 Å². The largest absolute Gasteiger partial charge is 0.465 e. The summed E-state index contributed by atoms with van der Waals surface area (Å²) in [6.07, 6.45) is 0. The molecule has 0 spiro atoms. The molecule has 0 N–H and O–H groups in total. The highest BCUT2D eigenvalue weighted by Gasteiger charge is 2.44. The summed E-state index contributed by atoms with van der Waals surface area (Å²) >= 11 is 0. The number of rotatable bonds is 6. The molecule has 1 heterocycles. The van der Waals surface area contributed by atoms with Gasteiger partial charge in [0.25, 0.3) is 11.8 Å². The van der Waals surface area contributed by atoms with Crippen LogP contribution in [0.15, 0.2) is 48.5 Å². The molecule has 0 saturated carbocycles. The number of benzene rings is 1. The van der Waals surface area contributed by atoms with Crippen LogP contribution in [0.3, 0.4) is 0 Å². The van der Waals surface area contributed by atoms with Crippen LogP contribution in [0.4, 0.5) is 5.69 Å². The SMILES string of the molecule is CCOC(=O)c1c2cccc(C(=O)OC)cc-2c(C(=O)OCC)c1N1C(=O)c2ccccc2C1=O. The van der Waals surface area contributed by atoms with Gasteiger partial charge >= 0.3 is 17.9 Å². The smallest absolute Gasteiger partial charge is 0.340 e.